The van der Waals surface area contributed by atoms with Gasteiger partial charge in [-0.3, -0.25) is 0 Å². The maximum atomic E-state index is 5.83. The number of aromatic nitrogens is 2. The summed E-state index contributed by atoms with van der Waals surface area (Å²) in [4.78, 5) is 11.2. The van der Waals surface area contributed by atoms with Gasteiger partial charge in [0.25, 0.3) is 0 Å². The summed E-state index contributed by atoms with van der Waals surface area (Å²) in [6.07, 6.45) is 3.86. The van der Waals surface area contributed by atoms with Crippen molar-refractivity contribution in [2.75, 3.05) is 29.5 Å². The second kappa shape index (κ2) is 4.82. The predicted molar refractivity (Wildman–Crippen MR) is 71.5 cm³/mol. The molecule has 0 unspecified atom stereocenters. The molecule has 0 atom stereocenters. The van der Waals surface area contributed by atoms with Crippen molar-refractivity contribution in [2.45, 2.75) is 24.8 Å². The first-order chi connectivity index (χ1) is 8.33. The van der Waals surface area contributed by atoms with Gasteiger partial charge in [0.1, 0.15) is 12.1 Å². The SMILES string of the molecule is NC1CC(c2cc(N3CCSCC3)ncn2)C1. The van der Waals surface area contributed by atoms with E-state index in [2.05, 4.69) is 20.9 Å². The molecule has 2 aliphatic rings. The van der Waals surface area contributed by atoms with Crippen LogP contribution in [-0.4, -0.2) is 40.6 Å². The van der Waals surface area contributed by atoms with Crippen molar-refractivity contribution in [3.63, 3.8) is 0 Å². The number of rotatable bonds is 2. The Morgan fingerprint density at radius 3 is 2.71 bits per heavy atom. The fraction of sp³-hybridized carbons (Fsp3) is 0.667. The molecule has 0 radical (unpaired) electrons. The van der Waals surface area contributed by atoms with Crippen LogP contribution in [0.4, 0.5) is 5.82 Å². The second-order valence-corrected chi connectivity index (χ2v) is 6.05. The molecule has 1 aliphatic heterocycles. The maximum absolute atomic E-state index is 5.83. The lowest BCUT2D eigenvalue weighted by Crippen LogP contribution is -2.36. The number of nitrogens with two attached hydrogens (primary N) is 1. The summed E-state index contributed by atoms with van der Waals surface area (Å²) in [5, 5.41) is 0. The molecule has 1 aliphatic carbocycles. The van der Waals surface area contributed by atoms with Crippen molar-refractivity contribution in [3.05, 3.63) is 18.1 Å². The van der Waals surface area contributed by atoms with Crippen LogP contribution in [0.3, 0.4) is 0 Å². The molecule has 5 heteroatoms. The van der Waals surface area contributed by atoms with Crippen LogP contribution in [0.2, 0.25) is 0 Å². The molecule has 2 N–H and O–H groups in total. The van der Waals surface area contributed by atoms with Crippen LogP contribution in [0.15, 0.2) is 12.4 Å². The molecule has 2 heterocycles. The first-order valence-electron chi connectivity index (χ1n) is 6.23. The van der Waals surface area contributed by atoms with E-state index in [0.29, 0.717) is 12.0 Å². The van der Waals surface area contributed by atoms with Gasteiger partial charge in [0.05, 0.1) is 0 Å². The van der Waals surface area contributed by atoms with Gasteiger partial charge >= 0.3 is 0 Å². The molecule has 1 saturated carbocycles. The van der Waals surface area contributed by atoms with Gasteiger partial charge in [0.15, 0.2) is 0 Å². The molecule has 0 spiro atoms. The van der Waals surface area contributed by atoms with E-state index in [1.807, 2.05) is 11.8 Å². The highest BCUT2D eigenvalue weighted by atomic mass is 32.2. The zero-order valence-corrected chi connectivity index (χ0v) is 10.7. The molecule has 2 fully saturated rings. The lowest BCUT2D eigenvalue weighted by atomic mass is 9.78. The third-order valence-corrected chi connectivity index (χ3v) is 4.54. The summed E-state index contributed by atoms with van der Waals surface area (Å²) in [6, 6.07) is 2.54. The van der Waals surface area contributed by atoms with E-state index >= 15 is 0 Å². The molecule has 0 bridgehead atoms. The number of hydrogen-bond donors (Lipinski definition) is 1. The number of thioether (sulfide) groups is 1. The monoisotopic (exact) mass is 250 g/mol. The fourth-order valence-corrected chi connectivity index (χ4v) is 3.36. The molecule has 1 aromatic heterocycles. The molecule has 3 rings (SSSR count). The van der Waals surface area contributed by atoms with Gasteiger partial charge in [0.2, 0.25) is 0 Å². The van der Waals surface area contributed by atoms with Gasteiger partial charge in [-0.2, -0.15) is 11.8 Å². The van der Waals surface area contributed by atoms with Crippen LogP contribution < -0.4 is 10.6 Å². The molecule has 1 saturated heterocycles. The Bertz CT molecular complexity index is 386. The van der Waals surface area contributed by atoms with E-state index in [-0.39, 0.29) is 0 Å². The molecule has 0 amide bonds. The predicted octanol–water partition coefficient (Wildman–Crippen LogP) is 1.23. The standard InChI is InChI=1S/C12H18N4S/c13-10-5-9(6-10)11-7-12(15-8-14-11)16-1-3-17-4-2-16/h7-10H,1-6,13H2. The van der Waals surface area contributed by atoms with Gasteiger partial charge in [-0.05, 0) is 12.8 Å². The normalized spacial score (nSPS) is 28.9. The molecule has 92 valence electrons. The molecular formula is C12H18N4S. The third kappa shape index (κ3) is 2.40. The number of anilines is 1. The van der Waals surface area contributed by atoms with E-state index in [9.17, 15) is 0 Å². The number of nitrogens with zero attached hydrogens (tertiary/aromatic N) is 3. The van der Waals surface area contributed by atoms with Crippen LogP contribution in [0.5, 0.6) is 0 Å². The molecule has 17 heavy (non-hydrogen) atoms. The first kappa shape index (κ1) is 11.3. The summed E-state index contributed by atoms with van der Waals surface area (Å²) >= 11 is 2.02. The van der Waals surface area contributed by atoms with Gasteiger partial charge < -0.3 is 10.6 Å². The zero-order valence-electron chi connectivity index (χ0n) is 9.88. The average molecular weight is 250 g/mol. The van der Waals surface area contributed by atoms with Gasteiger partial charge in [-0.25, -0.2) is 9.97 Å². The van der Waals surface area contributed by atoms with Gasteiger partial charge in [0, 0.05) is 48.3 Å². The highest BCUT2D eigenvalue weighted by Crippen LogP contribution is 2.35. The molecular weight excluding hydrogens is 232 g/mol. The van der Waals surface area contributed by atoms with Gasteiger partial charge in [-0.15, -0.1) is 0 Å². The highest BCUT2D eigenvalue weighted by Gasteiger charge is 2.29. The zero-order chi connectivity index (χ0) is 11.7. The van der Waals surface area contributed by atoms with Crippen LogP contribution in [0.1, 0.15) is 24.5 Å². The lowest BCUT2D eigenvalue weighted by molar-refractivity contribution is 0.345. The van der Waals surface area contributed by atoms with Crippen molar-refractivity contribution in [3.8, 4) is 0 Å². The summed E-state index contributed by atoms with van der Waals surface area (Å²) in [5.41, 5.74) is 7.01. The Balaban J connectivity index is 1.74. The minimum absolute atomic E-state index is 0.379. The van der Waals surface area contributed by atoms with Crippen molar-refractivity contribution in [2.24, 2.45) is 5.73 Å². The summed E-state index contributed by atoms with van der Waals surface area (Å²) in [5.74, 6) is 4.06. The minimum atomic E-state index is 0.379. The Morgan fingerprint density at radius 1 is 1.24 bits per heavy atom. The molecule has 4 nitrogen and oxygen atoms in total. The van der Waals surface area contributed by atoms with Crippen LogP contribution in [-0.2, 0) is 0 Å². The maximum Gasteiger partial charge on any atom is 0.132 e. The molecule has 1 aromatic rings. The third-order valence-electron chi connectivity index (χ3n) is 3.60. The molecule has 0 aromatic carbocycles. The average Bonchev–Trinajstić information content (AvgIpc) is 2.36. The minimum Gasteiger partial charge on any atom is -0.355 e. The number of hydrogen-bond acceptors (Lipinski definition) is 5. The Morgan fingerprint density at radius 2 is 2.00 bits per heavy atom. The van der Waals surface area contributed by atoms with Crippen LogP contribution in [0.25, 0.3) is 0 Å². The Labute approximate surface area is 106 Å². The quantitative estimate of drug-likeness (QED) is 0.855. The lowest BCUT2D eigenvalue weighted by Gasteiger charge is -2.33. The Hall–Kier alpha value is -0.810. The Kier molecular flexibility index (Phi) is 3.20. The van der Waals surface area contributed by atoms with Crippen LogP contribution >= 0.6 is 11.8 Å². The van der Waals surface area contributed by atoms with E-state index in [1.165, 1.54) is 17.2 Å². The first-order valence-corrected chi connectivity index (χ1v) is 7.38. The van der Waals surface area contributed by atoms with E-state index in [1.54, 1.807) is 6.33 Å². The van der Waals surface area contributed by atoms with E-state index in [4.69, 9.17) is 5.73 Å². The summed E-state index contributed by atoms with van der Waals surface area (Å²) in [7, 11) is 0. The summed E-state index contributed by atoms with van der Waals surface area (Å²) in [6.45, 7) is 2.20. The van der Waals surface area contributed by atoms with Crippen LogP contribution in [0, 0.1) is 0 Å². The largest absolute Gasteiger partial charge is 0.355 e. The smallest absolute Gasteiger partial charge is 0.132 e. The van der Waals surface area contributed by atoms with E-state index in [0.717, 1.165) is 31.7 Å². The van der Waals surface area contributed by atoms with Gasteiger partial charge in [-0.1, -0.05) is 0 Å². The van der Waals surface area contributed by atoms with Crippen molar-refractivity contribution < 1.29 is 0 Å². The topological polar surface area (TPSA) is 55.0 Å². The fourth-order valence-electron chi connectivity index (χ4n) is 2.45. The summed E-state index contributed by atoms with van der Waals surface area (Å²) < 4.78 is 0. The highest BCUT2D eigenvalue weighted by molar-refractivity contribution is 7.99. The van der Waals surface area contributed by atoms with Crippen molar-refractivity contribution in [1.82, 2.24) is 9.97 Å². The second-order valence-electron chi connectivity index (χ2n) is 4.83. The van der Waals surface area contributed by atoms with Crippen molar-refractivity contribution >= 4 is 17.6 Å². The van der Waals surface area contributed by atoms with Crippen molar-refractivity contribution in [1.29, 1.82) is 0 Å². The van der Waals surface area contributed by atoms with E-state index < -0.39 is 0 Å².